The Bertz CT molecular complexity index is 289. The van der Waals surface area contributed by atoms with Crippen LogP contribution < -0.4 is 0 Å². The zero-order valence-electron chi connectivity index (χ0n) is 11.4. The van der Waals surface area contributed by atoms with Crippen LogP contribution in [0.5, 0.6) is 0 Å². The highest BCUT2D eigenvalue weighted by molar-refractivity contribution is 5.87. The molecule has 0 aromatic rings. The lowest BCUT2D eigenvalue weighted by Gasteiger charge is -2.24. The van der Waals surface area contributed by atoms with Crippen molar-refractivity contribution in [1.82, 2.24) is 9.80 Å². The zero-order chi connectivity index (χ0) is 12.8. The molecule has 1 heterocycles. The molecule has 0 amide bonds. The van der Waals surface area contributed by atoms with Crippen molar-refractivity contribution >= 4 is 5.97 Å². The normalized spacial score (nSPS) is 22.2. The van der Waals surface area contributed by atoms with Crippen molar-refractivity contribution in [1.29, 1.82) is 0 Å². The van der Waals surface area contributed by atoms with Gasteiger partial charge in [-0.3, -0.25) is 0 Å². The number of ether oxygens (including phenoxy) is 1. The van der Waals surface area contributed by atoms with Crippen molar-refractivity contribution < 1.29 is 9.53 Å². The molecule has 1 atom stereocenters. The first-order chi connectivity index (χ1) is 8.04. The van der Waals surface area contributed by atoms with Crippen molar-refractivity contribution in [2.45, 2.75) is 25.8 Å². The van der Waals surface area contributed by atoms with Crippen LogP contribution in [0.4, 0.5) is 0 Å². The van der Waals surface area contributed by atoms with Crippen molar-refractivity contribution in [2.24, 2.45) is 0 Å². The average Bonchev–Trinajstić information content (AvgIpc) is 2.71. The molecule has 1 unspecified atom stereocenters. The quantitative estimate of drug-likeness (QED) is 0.533. The third-order valence-corrected chi connectivity index (χ3v) is 3.41. The third-order valence-electron chi connectivity index (χ3n) is 3.41. The van der Waals surface area contributed by atoms with E-state index in [-0.39, 0.29) is 5.97 Å². The van der Waals surface area contributed by atoms with Gasteiger partial charge < -0.3 is 14.5 Å². The van der Waals surface area contributed by atoms with E-state index < -0.39 is 0 Å². The summed E-state index contributed by atoms with van der Waals surface area (Å²) >= 11 is 0. The van der Waals surface area contributed by atoms with Crippen LogP contribution >= 0.6 is 0 Å². The van der Waals surface area contributed by atoms with Gasteiger partial charge in [0.2, 0.25) is 0 Å². The molecular formula is C13H24N2O2. The molecule has 0 aromatic heterocycles. The third kappa shape index (κ3) is 4.48. The minimum Gasteiger partial charge on any atom is -0.466 e. The first kappa shape index (κ1) is 14.2. The van der Waals surface area contributed by atoms with E-state index in [0.717, 1.165) is 13.1 Å². The smallest absolute Gasteiger partial charge is 0.333 e. The summed E-state index contributed by atoms with van der Waals surface area (Å²) in [4.78, 5) is 15.9. The summed E-state index contributed by atoms with van der Waals surface area (Å²) < 4.78 is 4.66. The van der Waals surface area contributed by atoms with E-state index in [1.807, 2.05) is 6.08 Å². The Morgan fingerprint density at radius 1 is 1.59 bits per heavy atom. The Morgan fingerprint density at radius 3 is 2.82 bits per heavy atom. The summed E-state index contributed by atoms with van der Waals surface area (Å²) in [6.45, 7) is 4.85. The van der Waals surface area contributed by atoms with Gasteiger partial charge in [-0.1, -0.05) is 6.08 Å². The van der Waals surface area contributed by atoms with Gasteiger partial charge in [0.15, 0.2) is 0 Å². The first-order valence-corrected chi connectivity index (χ1v) is 6.18. The average molecular weight is 240 g/mol. The molecule has 0 saturated carbocycles. The molecule has 17 heavy (non-hydrogen) atoms. The van der Waals surface area contributed by atoms with Gasteiger partial charge >= 0.3 is 5.97 Å². The van der Waals surface area contributed by atoms with Crippen molar-refractivity contribution in [2.75, 3.05) is 40.8 Å². The Kier molecular flexibility index (Phi) is 5.65. The highest BCUT2D eigenvalue weighted by Gasteiger charge is 2.21. The molecule has 1 rings (SSSR count). The molecule has 1 aliphatic heterocycles. The van der Waals surface area contributed by atoms with Crippen LogP contribution in [-0.4, -0.2) is 62.7 Å². The molecule has 1 aliphatic rings. The second kappa shape index (κ2) is 6.77. The van der Waals surface area contributed by atoms with Crippen LogP contribution in [0.25, 0.3) is 0 Å². The predicted octanol–water partition coefficient (Wildman–Crippen LogP) is 1.13. The van der Waals surface area contributed by atoms with E-state index in [0.29, 0.717) is 11.6 Å². The second-order valence-electron chi connectivity index (χ2n) is 4.88. The molecule has 1 fully saturated rings. The van der Waals surface area contributed by atoms with Gasteiger partial charge in [-0.2, -0.15) is 0 Å². The number of likely N-dealkylation sites (tertiary alicyclic amines) is 1. The molecule has 0 aromatic carbocycles. The molecule has 0 aliphatic carbocycles. The van der Waals surface area contributed by atoms with Gasteiger partial charge in [-0.25, -0.2) is 4.79 Å². The highest BCUT2D eigenvalue weighted by Crippen LogP contribution is 2.15. The summed E-state index contributed by atoms with van der Waals surface area (Å²) in [5.41, 5.74) is 0.680. The van der Waals surface area contributed by atoms with Crippen LogP contribution in [0.15, 0.2) is 11.6 Å². The summed E-state index contributed by atoms with van der Waals surface area (Å²) in [6.07, 6.45) is 4.51. The number of carbonyl (C=O) groups is 1. The number of esters is 1. The fourth-order valence-electron chi connectivity index (χ4n) is 2.18. The van der Waals surface area contributed by atoms with Gasteiger partial charge in [0.05, 0.1) is 7.11 Å². The number of hydrogen-bond donors (Lipinski definition) is 0. The van der Waals surface area contributed by atoms with E-state index in [4.69, 9.17) is 0 Å². The largest absolute Gasteiger partial charge is 0.466 e. The SMILES string of the molecule is COC(=O)C(C)=CCN(C)CC1CCCN1C. The van der Waals surface area contributed by atoms with Gasteiger partial charge in [0, 0.05) is 24.7 Å². The lowest BCUT2D eigenvalue weighted by Crippen LogP contribution is -2.36. The maximum Gasteiger partial charge on any atom is 0.333 e. The lowest BCUT2D eigenvalue weighted by molar-refractivity contribution is -0.136. The summed E-state index contributed by atoms with van der Waals surface area (Å²) in [6, 6.07) is 0.659. The molecule has 0 radical (unpaired) electrons. The first-order valence-electron chi connectivity index (χ1n) is 6.18. The van der Waals surface area contributed by atoms with Crippen molar-refractivity contribution in [3.05, 3.63) is 11.6 Å². The number of hydrogen-bond acceptors (Lipinski definition) is 4. The molecule has 0 N–H and O–H groups in total. The van der Waals surface area contributed by atoms with E-state index in [1.54, 1.807) is 6.92 Å². The van der Waals surface area contributed by atoms with Crippen LogP contribution in [0, 0.1) is 0 Å². The predicted molar refractivity (Wildman–Crippen MR) is 68.9 cm³/mol. The molecule has 98 valence electrons. The summed E-state index contributed by atoms with van der Waals surface area (Å²) in [5, 5.41) is 0. The summed E-state index contributed by atoms with van der Waals surface area (Å²) in [7, 11) is 5.69. The topological polar surface area (TPSA) is 32.8 Å². The van der Waals surface area contributed by atoms with Gasteiger partial charge in [-0.15, -0.1) is 0 Å². The molecule has 4 heteroatoms. The van der Waals surface area contributed by atoms with Crippen LogP contribution in [0.2, 0.25) is 0 Å². The number of methoxy groups -OCH3 is 1. The summed E-state index contributed by atoms with van der Waals surface area (Å²) in [5.74, 6) is -0.239. The molecule has 0 spiro atoms. The van der Waals surface area contributed by atoms with Crippen molar-refractivity contribution in [3.8, 4) is 0 Å². The Hall–Kier alpha value is -0.870. The van der Waals surface area contributed by atoms with E-state index >= 15 is 0 Å². The minimum atomic E-state index is -0.239. The fraction of sp³-hybridized carbons (Fsp3) is 0.769. The minimum absolute atomic E-state index is 0.239. The van der Waals surface area contributed by atoms with Crippen LogP contribution in [0.1, 0.15) is 19.8 Å². The Labute approximate surface area is 104 Å². The maximum absolute atomic E-state index is 11.2. The second-order valence-corrected chi connectivity index (χ2v) is 4.88. The monoisotopic (exact) mass is 240 g/mol. The van der Waals surface area contributed by atoms with Crippen LogP contribution in [0.3, 0.4) is 0 Å². The van der Waals surface area contributed by atoms with Crippen LogP contribution in [-0.2, 0) is 9.53 Å². The standard InChI is InChI=1S/C13H24N2O2/c1-11(13(16)17-4)7-9-14(2)10-12-6-5-8-15(12)3/h7,12H,5-6,8-10H2,1-4H3. The Balaban J connectivity index is 2.34. The zero-order valence-corrected chi connectivity index (χ0v) is 11.4. The van der Waals surface area contributed by atoms with E-state index in [1.165, 1.54) is 26.5 Å². The van der Waals surface area contributed by atoms with Gasteiger partial charge in [0.25, 0.3) is 0 Å². The Morgan fingerprint density at radius 2 is 2.29 bits per heavy atom. The fourth-order valence-corrected chi connectivity index (χ4v) is 2.18. The number of nitrogens with zero attached hydrogens (tertiary/aromatic N) is 2. The van der Waals surface area contributed by atoms with Gasteiger partial charge in [0.1, 0.15) is 0 Å². The number of carbonyl (C=O) groups excluding carboxylic acids is 1. The van der Waals surface area contributed by atoms with E-state index in [9.17, 15) is 4.79 Å². The van der Waals surface area contributed by atoms with E-state index in [2.05, 4.69) is 28.6 Å². The molecule has 0 bridgehead atoms. The number of rotatable bonds is 5. The highest BCUT2D eigenvalue weighted by atomic mass is 16.5. The number of likely N-dealkylation sites (N-methyl/N-ethyl adjacent to an activating group) is 2. The molecule has 1 saturated heterocycles. The molecule has 4 nitrogen and oxygen atoms in total. The molecular weight excluding hydrogens is 216 g/mol. The lowest BCUT2D eigenvalue weighted by atomic mass is 10.2. The van der Waals surface area contributed by atoms with Gasteiger partial charge in [-0.05, 0) is 40.4 Å². The maximum atomic E-state index is 11.2. The van der Waals surface area contributed by atoms with Crippen molar-refractivity contribution in [3.63, 3.8) is 0 Å².